The molecular weight excluding hydrogens is 748 g/mol. The van der Waals surface area contributed by atoms with Gasteiger partial charge in [0.2, 0.25) is 47.3 Å². The summed E-state index contributed by atoms with van der Waals surface area (Å²) in [5, 5.41) is 31.2. The molecule has 1 fully saturated rings. The van der Waals surface area contributed by atoms with E-state index in [1.165, 1.54) is 4.90 Å². The number of carboxylic acids is 1. The van der Waals surface area contributed by atoms with Crippen LogP contribution in [0.2, 0.25) is 0 Å². The molecule has 55 heavy (non-hydrogen) atoms. The minimum absolute atomic E-state index is 0.0206. The maximum absolute atomic E-state index is 13.7. The van der Waals surface area contributed by atoms with Crippen molar-refractivity contribution in [1.82, 2.24) is 31.5 Å². The third-order valence-electron chi connectivity index (χ3n) is 8.60. The lowest BCUT2D eigenvalue weighted by atomic mass is 9.96. The number of primary amides is 2. The molecule has 1 rings (SSSR count). The van der Waals surface area contributed by atoms with Gasteiger partial charge in [-0.2, -0.15) is 12.6 Å². The number of carbonyl (C=O) groups is 9. The average molecular weight is 803 g/mol. The highest BCUT2D eigenvalue weighted by Crippen LogP contribution is 2.22. The van der Waals surface area contributed by atoms with Gasteiger partial charge in [0.1, 0.15) is 36.3 Å². The van der Waals surface area contributed by atoms with Crippen molar-refractivity contribution in [3.63, 3.8) is 0 Å². The standard InChI is InChI=1S/C31H54N12O11S/c1-3-14(2)23(42-24(47)15(32)10-21(33)45)29(52)43-9-5-7-20(43)28(51)40-18(12-44)26(49)38-16(6-4-8-37-31(35)36)25(48)41-19(13-55)27(50)39-17(30(53)54)11-22(34)46/h14-20,23,44,55H,3-13,32H2,1-2H3,(H2,33,45)(H2,34,46)(H,38,49)(H,39,50)(H,40,51)(H,41,48)(H,42,47)(H,53,54)(H4,35,36,37)/t14-,15-,16-,17-,18-,19-,20-,23-/m0/s1. The van der Waals surface area contributed by atoms with Gasteiger partial charge < -0.3 is 70.4 Å². The Morgan fingerprint density at radius 3 is 1.91 bits per heavy atom. The van der Waals surface area contributed by atoms with Crippen LogP contribution in [0.4, 0.5) is 0 Å². The fraction of sp³-hybridized carbons (Fsp3) is 0.677. The molecule has 0 aliphatic carbocycles. The number of aliphatic carboxylic acids is 1. The average Bonchev–Trinajstić information content (AvgIpc) is 3.61. The molecule has 24 heteroatoms. The summed E-state index contributed by atoms with van der Waals surface area (Å²) in [5.74, 6) is -9.61. The molecule has 310 valence electrons. The van der Waals surface area contributed by atoms with Gasteiger partial charge in [-0.05, 0) is 31.6 Å². The van der Waals surface area contributed by atoms with E-state index in [2.05, 4.69) is 44.2 Å². The molecular formula is C31H54N12O11S. The fourth-order valence-electron chi connectivity index (χ4n) is 5.38. The van der Waals surface area contributed by atoms with Gasteiger partial charge in [-0.3, -0.25) is 43.3 Å². The lowest BCUT2D eigenvalue weighted by Crippen LogP contribution is -2.61. The number of aliphatic hydroxyl groups is 1. The smallest absolute Gasteiger partial charge is 0.326 e. The van der Waals surface area contributed by atoms with Crippen LogP contribution in [0.15, 0.2) is 4.99 Å². The first-order chi connectivity index (χ1) is 25.8. The number of nitrogens with one attached hydrogen (secondary N) is 5. The Morgan fingerprint density at radius 2 is 1.38 bits per heavy atom. The minimum atomic E-state index is -1.70. The Balaban J connectivity index is 3.18. The number of guanidine groups is 1. The van der Waals surface area contributed by atoms with Gasteiger partial charge in [-0.25, -0.2) is 4.79 Å². The number of thiol groups is 1. The quantitative estimate of drug-likeness (QED) is 0.0187. The molecule has 1 aliphatic heterocycles. The van der Waals surface area contributed by atoms with Crippen LogP contribution in [0.25, 0.3) is 0 Å². The van der Waals surface area contributed by atoms with E-state index in [0.717, 1.165) is 0 Å². The van der Waals surface area contributed by atoms with E-state index in [9.17, 15) is 53.4 Å². The third kappa shape index (κ3) is 16.0. The molecule has 0 bridgehead atoms. The van der Waals surface area contributed by atoms with Crippen molar-refractivity contribution in [2.75, 3.05) is 25.4 Å². The van der Waals surface area contributed by atoms with Crippen LogP contribution >= 0.6 is 12.6 Å². The highest BCUT2D eigenvalue weighted by atomic mass is 32.1. The molecule has 17 N–H and O–H groups in total. The lowest BCUT2D eigenvalue weighted by Gasteiger charge is -2.32. The molecule has 0 unspecified atom stereocenters. The van der Waals surface area contributed by atoms with Crippen molar-refractivity contribution < 1.29 is 53.4 Å². The number of carboxylic acid groups (broad SMARTS) is 1. The van der Waals surface area contributed by atoms with Gasteiger partial charge >= 0.3 is 5.97 Å². The topological polar surface area (TPSA) is 400 Å². The van der Waals surface area contributed by atoms with Gasteiger partial charge in [-0.15, -0.1) is 0 Å². The molecule has 0 aromatic carbocycles. The fourth-order valence-corrected chi connectivity index (χ4v) is 5.64. The number of hydrogen-bond acceptors (Lipinski definition) is 13. The van der Waals surface area contributed by atoms with Gasteiger partial charge in [-0.1, -0.05) is 20.3 Å². The summed E-state index contributed by atoms with van der Waals surface area (Å²) in [7, 11) is 0. The van der Waals surface area contributed by atoms with Crippen LogP contribution in [0.3, 0.4) is 0 Å². The summed E-state index contributed by atoms with van der Waals surface area (Å²) in [5.41, 5.74) is 26.7. The van der Waals surface area contributed by atoms with E-state index in [1.807, 2.05) is 0 Å². The molecule has 0 aromatic rings. The predicted octanol–water partition coefficient (Wildman–Crippen LogP) is -6.41. The number of nitrogens with zero attached hydrogens (tertiary/aromatic N) is 2. The first-order valence-corrected chi connectivity index (χ1v) is 18.0. The van der Waals surface area contributed by atoms with Crippen molar-refractivity contribution in [2.24, 2.45) is 39.6 Å². The van der Waals surface area contributed by atoms with Gasteiger partial charge in [0.25, 0.3) is 0 Å². The Morgan fingerprint density at radius 1 is 0.818 bits per heavy atom. The largest absolute Gasteiger partial charge is 0.480 e. The zero-order valence-corrected chi connectivity index (χ0v) is 31.6. The second-order valence-corrected chi connectivity index (χ2v) is 13.3. The molecule has 0 saturated carbocycles. The number of amides is 8. The Labute approximate surface area is 322 Å². The van der Waals surface area contributed by atoms with E-state index >= 15 is 0 Å². The lowest BCUT2D eigenvalue weighted by molar-refractivity contribution is -0.144. The summed E-state index contributed by atoms with van der Waals surface area (Å²) in [4.78, 5) is 119. The number of nitrogens with two attached hydrogens (primary N) is 5. The van der Waals surface area contributed by atoms with Crippen molar-refractivity contribution in [1.29, 1.82) is 0 Å². The van der Waals surface area contributed by atoms with Crippen LogP contribution in [0, 0.1) is 5.92 Å². The number of hydrogen-bond donors (Lipinski definition) is 13. The number of rotatable bonds is 24. The van der Waals surface area contributed by atoms with Crippen LogP contribution in [-0.4, -0.2) is 142 Å². The van der Waals surface area contributed by atoms with Crippen molar-refractivity contribution >= 4 is 71.8 Å². The van der Waals surface area contributed by atoms with Crippen molar-refractivity contribution in [3.05, 3.63) is 0 Å². The summed E-state index contributed by atoms with van der Waals surface area (Å²) in [6.45, 7) is 2.68. The predicted molar refractivity (Wildman–Crippen MR) is 198 cm³/mol. The molecule has 0 radical (unpaired) electrons. The Hall–Kier alpha value is -5.23. The highest BCUT2D eigenvalue weighted by Gasteiger charge is 2.41. The normalized spacial score (nSPS) is 17.5. The number of carbonyl (C=O) groups excluding carboxylic acids is 8. The summed E-state index contributed by atoms with van der Waals surface area (Å²) in [6, 6.07) is -9.76. The van der Waals surface area contributed by atoms with Crippen molar-refractivity contribution in [2.45, 2.75) is 101 Å². The number of likely N-dealkylation sites (tertiary alicyclic amines) is 1. The minimum Gasteiger partial charge on any atom is -0.480 e. The van der Waals surface area contributed by atoms with E-state index in [4.69, 9.17) is 28.7 Å². The van der Waals surface area contributed by atoms with Crippen LogP contribution in [0.5, 0.6) is 0 Å². The van der Waals surface area contributed by atoms with Gasteiger partial charge in [0.15, 0.2) is 5.96 Å². The van der Waals surface area contributed by atoms with Gasteiger partial charge in [0.05, 0.1) is 25.5 Å². The van der Waals surface area contributed by atoms with E-state index in [0.29, 0.717) is 12.8 Å². The molecule has 1 saturated heterocycles. The number of aliphatic hydroxyl groups excluding tert-OH is 1. The zero-order chi connectivity index (χ0) is 42.0. The molecule has 8 atom stereocenters. The first kappa shape index (κ1) is 47.8. The maximum atomic E-state index is 13.7. The first-order valence-electron chi connectivity index (χ1n) is 17.4. The SMILES string of the molecule is CC[C@H](C)[C@H](NC(=O)[C@@H](N)CC(N)=O)C(=O)N1CCC[C@H]1C(=O)N[C@@H](CO)C(=O)N[C@@H](CCCN=C(N)N)C(=O)N[C@@H](CS)C(=O)N[C@@H](CC(N)=O)C(=O)O. The highest BCUT2D eigenvalue weighted by molar-refractivity contribution is 7.80. The zero-order valence-electron chi connectivity index (χ0n) is 30.7. The Kier molecular flexibility index (Phi) is 20.4. The van der Waals surface area contributed by atoms with E-state index < -0.39 is 121 Å². The van der Waals surface area contributed by atoms with Crippen LogP contribution < -0.4 is 55.3 Å². The second kappa shape index (κ2) is 23.5. The summed E-state index contributed by atoms with van der Waals surface area (Å²) < 4.78 is 0. The molecule has 23 nitrogen and oxygen atoms in total. The van der Waals surface area contributed by atoms with Crippen molar-refractivity contribution in [3.8, 4) is 0 Å². The van der Waals surface area contributed by atoms with Gasteiger partial charge in [0, 0.05) is 18.8 Å². The van der Waals surface area contributed by atoms with E-state index in [-0.39, 0.29) is 44.1 Å². The molecule has 8 amide bonds. The Bertz CT molecular complexity index is 1450. The maximum Gasteiger partial charge on any atom is 0.326 e. The molecule has 0 spiro atoms. The molecule has 1 aliphatic rings. The summed E-state index contributed by atoms with van der Waals surface area (Å²) in [6.07, 6.45) is -0.205. The van der Waals surface area contributed by atoms with Crippen LogP contribution in [-0.2, 0) is 43.2 Å². The second-order valence-electron chi connectivity index (χ2n) is 12.9. The molecule has 1 heterocycles. The number of aliphatic imine (C=N–C) groups is 1. The van der Waals surface area contributed by atoms with Crippen LogP contribution in [0.1, 0.15) is 58.8 Å². The molecule has 0 aromatic heterocycles. The van der Waals surface area contributed by atoms with E-state index in [1.54, 1.807) is 13.8 Å². The monoisotopic (exact) mass is 802 g/mol. The third-order valence-corrected chi connectivity index (χ3v) is 8.97. The summed E-state index contributed by atoms with van der Waals surface area (Å²) >= 11 is 4.04.